The number of hydrogen-bond acceptors (Lipinski definition) is 7. The second-order valence-electron chi connectivity index (χ2n) is 26.6. The average molecular weight is 1270 g/mol. The molecule has 0 aromatic rings. The lowest BCUT2D eigenvalue weighted by molar-refractivity contribution is -0.870. The quantitative estimate of drug-likeness (QED) is 0.0211. The number of unbranched alkanes of at least 4 members (excludes halogenated alkanes) is 37. The molecule has 524 valence electrons. The summed E-state index contributed by atoms with van der Waals surface area (Å²) in [6, 6.07) is 0. The van der Waals surface area contributed by atoms with Crippen molar-refractivity contribution < 1.29 is 42.9 Å². The van der Waals surface area contributed by atoms with Crippen LogP contribution in [0, 0.1) is 0 Å². The average Bonchev–Trinajstić information content (AvgIpc) is 3.46. The van der Waals surface area contributed by atoms with E-state index in [0.29, 0.717) is 17.4 Å². The molecule has 9 nitrogen and oxygen atoms in total. The van der Waals surface area contributed by atoms with E-state index in [9.17, 15) is 19.5 Å². The van der Waals surface area contributed by atoms with Gasteiger partial charge in [0.25, 0.3) is 6.29 Å². The Morgan fingerprint density at radius 1 is 0.330 bits per heavy atom. The van der Waals surface area contributed by atoms with Crippen molar-refractivity contribution in [3.8, 4) is 0 Å². The minimum Gasteiger partial charge on any atom is -0.477 e. The maximum absolute atomic E-state index is 13.0. The molecule has 0 aliphatic heterocycles. The smallest absolute Gasteiger partial charge is 0.361 e. The van der Waals surface area contributed by atoms with Crippen LogP contribution in [-0.4, -0.2) is 87.4 Å². The molecule has 0 amide bonds. The van der Waals surface area contributed by atoms with E-state index in [0.717, 1.165) is 96.3 Å². The minimum absolute atomic E-state index is 0.182. The maximum atomic E-state index is 13.0. The van der Waals surface area contributed by atoms with Gasteiger partial charge in [-0.3, -0.25) is 9.59 Å². The summed E-state index contributed by atoms with van der Waals surface area (Å²) in [5.74, 6) is -1.99. The number of rotatable bonds is 70. The molecule has 0 aromatic carbocycles. The number of carbonyl (C=O) groups excluding carboxylic acids is 2. The van der Waals surface area contributed by atoms with Gasteiger partial charge in [-0.15, -0.1) is 0 Å². The number of carboxylic acid groups (broad SMARTS) is 1. The first-order valence-electron chi connectivity index (χ1n) is 38.1. The fourth-order valence-corrected chi connectivity index (χ4v) is 10.8. The minimum atomic E-state index is -1.51. The Bertz CT molecular complexity index is 1870. The molecule has 0 fully saturated rings. The summed E-state index contributed by atoms with van der Waals surface area (Å²) >= 11 is 0. The molecular formula is C82H144NO8+. The highest BCUT2D eigenvalue weighted by molar-refractivity contribution is 5.71. The van der Waals surface area contributed by atoms with Gasteiger partial charge in [0.15, 0.2) is 6.10 Å². The largest absolute Gasteiger partial charge is 0.477 e. The van der Waals surface area contributed by atoms with Gasteiger partial charge in [0.05, 0.1) is 34.4 Å². The molecule has 0 saturated carbocycles. The lowest BCUT2D eigenvalue weighted by Crippen LogP contribution is -2.40. The predicted octanol–water partition coefficient (Wildman–Crippen LogP) is 24.1. The van der Waals surface area contributed by atoms with E-state index in [4.69, 9.17) is 18.9 Å². The first-order valence-corrected chi connectivity index (χ1v) is 38.1. The monoisotopic (exact) mass is 1270 g/mol. The van der Waals surface area contributed by atoms with E-state index in [1.807, 2.05) is 21.1 Å². The normalized spacial score (nSPS) is 13.3. The van der Waals surface area contributed by atoms with Crippen LogP contribution in [0.15, 0.2) is 109 Å². The van der Waals surface area contributed by atoms with Crippen LogP contribution in [0.5, 0.6) is 0 Å². The third kappa shape index (κ3) is 73.2. The van der Waals surface area contributed by atoms with Gasteiger partial charge in [-0.2, -0.15) is 0 Å². The summed E-state index contributed by atoms with van der Waals surface area (Å²) in [5.41, 5.74) is 0. The number of esters is 2. The third-order valence-corrected chi connectivity index (χ3v) is 16.5. The summed E-state index contributed by atoms with van der Waals surface area (Å²) in [4.78, 5) is 37.7. The molecule has 0 aliphatic rings. The van der Waals surface area contributed by atoms with Crippen LogP contribution in [0.25, 0.3) is 0 Å². The second kappa shape index (κ2) is 71.8. The van der Waals surface area contributed by atoms with Crippen molar-refractivity contribution in [2.75, 3.05) is 47.5 Å². The van der Waals surface area contributed by atoms with Crippen LogP contribution in [0.2, 0.25) is 0 Å². The summed E-state index contributed by atoms with van der Waals surface area (Å²) in [7, 11) is 5.99. The summed E-state index contributed by atoms with van der Waals surface area (Å²) in [6.07, 6.45) is 98.0. The van der Waals surface area contributed by atoms with Crippen molar-refractivity contribution in [3.63, 3.8) is 0 Å². The van der Waals surface area contributed by atoms with Crippen LogP contribution in [-0.2, 0) is 33.3 Å². The van der Waals surface area contributed by atoms with Gasteiger partial charge in [-0.05, 0) is 96.3 Å². The molecule has 0 saturated heterocycles. The Hall–Kier alpha value is -4.05. The van der Waals surface area contributed by atoms with E-state index >= 15 is 0 Å². The molecule has 1 N–H and O–H groups in total. The molecule has 2 atom stereocenters. The molecular weight excluding hydrogens is 1130 g/mol. The standard InChI is InChI=1S/C82H143NO8/c1-6-8-10-12-14-16-18-20-22-24-26-28-30-32-34-36-38-40-42-44-46-48-50-52-54-56-58-60-62-64-66-68-70-72-79(84)89-76-78(77-90-82(81(86)87)88-75-74-83(3,4)5)91-80(85)73-71-69-67-65-63-61-59-57-55-53-51-49-47-45-43-41-39-37-35-33-31-29-27-25-23-21-19-17-15-13-11-9-7-2/h8-11,14-17,20-23,26-29,33,35,78,82H,6-7,12-13,18-19,24-25,30-32,34,36-77H2,1-5H3/p+1/b10-8-,11-9-,16-14-,17-15-,22-20-,23-21-,28-26-,29-27-,35-33-. The van der Waals surface area contributed by atoms with Crippen molar-refractivity contribution in [2.45, 2.75) is 347 Å². The first-order chi connectivity index (χ1) is 44.6. The molecule has 91 heavy (non-hydrogen) atoms. The van der Waals surface area contributed by atoms with Crippen LogP contribution in [0.1, 0.15) is 335 Å². The van der Waals surface area contributed by atoms with Crippen LogP contribution < -0.4 is 0 Å². The molecule has 0 aromatic heterocycles. The van der Waals surface area contributed by atoms with E-state index < -0.39 is 24.3 Å². The Balaban J connectivity index is 4.03. The Kier molecular flexibility index (Phi) is 68.6. The van der Waals surface area contributed by atoms with Crippen molar-refractivity contribution in [2.24, 2.45) is 0 Å². The molecule has 0 rings (SSSR count). The highest BCUT2D eigenvalue weighted by Gasteiger charge is 2.25. The summed E-state index contributed by atoms with van der Waals surface area (Å²) in [6.45, 7) is 4.69. The van der Waals surface area contributed by atoms with Gasteiger partial charge >= 0.3 is 17.9 Å². The number of nitrogens with zero attached hydrogens (tertiary/aromatic N) is 1. The third-order valence-electron chi connectivity index (χ3n) is 16.5. The number of hydrogen-bond donors (Lipinski definition) is 1. The Morgan fingerprint density at radius 3 is 0.879 bits per heavy atom. The number of quaternary nitrogens is 1. The number of likely N-dealkylation sites (N-methyl/N-ethyl adjacent to an activating group) is 1. The van der Waals surface area contributed by atoms with Crippen molar-refractivity contribution in [1.29, 1.82) is 0 Å². The topological polar surface area (TPSA) is 108 Å². The van der Waals surface area contributed by atoms with Crippen molar-refractivity contribution in [1.82, 2.24) is 0 Å². The molecule has 0 aliphatic carbocycles. The van der Waals surface area contributed by atoms with Crippen molar-refractivity contribution in [3.05, 3.63) is 109 Å². The lowest BCUT2D eigenvalue weighted by Gasteiger charge is -2.25. The number of allylic oxidation sites excluding steroid dienone is 18. The van der Waals surface area contributed by atoms with Crippen molar-refractivity contribution >= 4 is 17.9 Å². The molecule has 0 bridgehead atoms. The molecule has 0 spiro atoms. The van der Waals surface area contributed by atoms with E-state index in [2.05, 4.69) is 123 Å². The fourth-order valence-electron chi connectivity index (χ4n) is 10.8. The zero-order valence-electron chi connectivity index (χ0n) is 60.0. The summed E-state index contributed by atoms with van der Waals surface area (Å²) in [5, 5.41) is 9.77. The van der Waals surface area contributed by atoms with Crippen LogP contribution in [0.3, 0.4) is 0 Å². The zero-order chi connectivity index (χ0) is 66.1. The molecule has 2 unspecified atom stereocenters. The van der Waals surface area contributed by atoms with Gasteiger partial charge in [0.1, 0.15) is 13.2 Å². The number of carbonyl (C=O) groups is 3. The van der Waals surface area contributed by atoms with Gasteiger partial charge in [0.2, 0.25) is 0 Å². The van der Waals surface area contributed by atoms with E-state index in [1.54, 1.807) is 0 Å². The van der Waals surface area contributed by atoms with Gasteiger partial charge < -0.3 is 28.5 Å². The molecule has 0 radical (unpaired) electrons. The lowest BCUT2D eigenvalue weighted by atomic mass is 10.0. The SMILES string of the molecule is CC/C=C\C/C=C\C/C=C\C/C=C\C/C=C\CCCCCCCCCCCCCCCCCCCC(=O)OC(COC(=O)CCCCCCCCCCCCCCCCCCCCCC/C=C\C/C=C\C/C=C\C/C=C\CC)COC(OCC[N+](C)(C)C)C(=O)O. The zero-order valence-corrected chi connectivity index (χ0v) is 60.0. The number of aliphatic carboxylic acids is 1. The predicted molar refractivity (Wildman–Crippen MR) is 392 cm³/mol. The highest BCUT2D eigenvalue weighted by atomic mass is 16.7. The molecule has 0 heterocycles. The Labute approximate surface area is 562 Å². The fraction of sp³-hybridized carbons (Fsp3) is 0.744. The second-order valence-corrected chi connectivity index (χ2v) is 26.6. The summed E-state index contributed by atoms with van der Waals surface area (Å²) < 4.78 is 23.0. The number of ether oxygens (including phenoxy) is 4. The Morgan fingerprint density at radius 2 is 0.593 bits per heavy atom. The van der Waals surface area contributed by atoms with Gasteiger partial charge in [0, 0.05) is 12.8 Å². The molecule has 9 heteroatoms. The number of carboxylic acids is 1. The van der Waals surface area contributed by atoms with Crippen LogP contribution in [0.4, 0.5) is 0 Å². The van der Waals surface area contributed by atoms with E-state index in [-0.39, 0.29) is 32.2 Å². The highest BCUT2D eigenvalue weighted by Crippen LogP contribution is 2.19. The van der Waals surface area contributed by atoms with Crippen LogP contribution >= 0.6 is 0 Å². The van der Waals surface area contributed by atoms with E-state index in [1.165, 1.54) is 212 Å². The van der Waals surface area contributed by atoms with Gasteiger partial charge in [-0.25, -0.2) is 4.79 Å². The maximum Gasteiger partial charge on any atom is 0.361 e. The first kappa shape index (κ1) is 87.0. The van der Waals surface area contributed by atoms with Gasteiger partial charge in [-0.1, -0.05) is 335 Å².